The van der Waals surface area contributed by atoms with Gasteiger partial charge in [-0.3, -0.25) is 0 Å². The van der Waals surface area contributed by atoms with Crippen molar-refractivity contribution in [2.24, 2.45) is 0 Å². The molecule has 4 heteroatoms. The van der Waals surface area contributed by atoms with E-state index in [-0.39, 0.29) is 12.7 Å². The first-order valence-corrected chi connectivity index (χ1v) is 5.84. The highest BCUT2D eigenvalue weighted by molar-refractivity contribution is 5.31. The maximum absolute atomic E-state index is 9.09. The Bertz CT molecular complexity index is 353. The standard InChI is InChI=1S/C13H21NO3/c1-9(2)12-6-5-11(7-15)14-13(12)17-10(3)8-16-4/h5-6,9-10,15H,7-8H2,1-4H3. The predicted octanol–water partition coefficient (Wildman–Crippen LogP) is 2.11. The number of rotatable bonds is 6. The second kappa shape index (κ2) is 6.57. The van der Waals surface area contributed by atoms with Gasteiger partial charge in [0.25, 0.3) is 0 Å². The molecular weight excluding hydrogens is 218 g/mol. The molecule has 0 saturated carbocycles. The number of aromatic nitrogens is 1. The van der Waals surface area contributed by atoms with Crippen LogP contribution in [0.25, 0.3) is 0 Å². The third-order valence-corrected chi connectivity index (χ3v) is 2.45. The van der Waals surface area contributed by atoms with E-state index in [4.69, 9.17) is 14.6 Å². The van der Waals surface area contributed by atoms with Crippen molar-refractivity contribution in [2.75, 3.05) is 13.7 Å². The molecule has 0 bridgehead atoms. The van der Waals surface area contributed by atoms with Crippen molar-refractivity contribution in [1.82, 2.24) is 4.98 Å². The summed E-state index contributed by atoms with van der Waals surface area (Å²) in [6, 6.07) is 3.78. The molecule has 0 aliphatic heterocycles. The van der Waals surface area contributed by atoms with Crippen molar-refractivity contribution in [3.63, 3.8) is 0 Å². The van der Waals surface area contributed by atoms with Crippen molar-refractivity contribution < 1.29 is 14.6 Å². The van der Waals surface area contributed by atoms with Gasteiger partial charge < -0.3 is 14.6 Å². The zero-order chi connectivity index (χ0) is 12.8. The molecule has 1 aromatic heterocycles. The Balaban J connectivity index is 2.92. The monoisotopic (exact) mass is 239 g/mol. The zero-order valence-electron chi connectivity index (χ0n) is 10.9. The molecule has 0 aliphatic carbocycles. The van der Waals surface area contributed by atoms with E-state index in [2.05, 4.69) is 18.8 Å². The number of methoxy groups -OCH3 is 1. The van der Waals surface area contributed by atoms with Crippen LogP contribution in [0.5, 0.6) is 5.88 Å². The lowest BCUT2D eigenvalue weighted by atomic mass is 10.0. The van der Waals surface area contributed by atoms with Crippen LogP contribution in [0.3, 0.4) is 0 Å². The summed E-state index contributed by atoms with van der Waals surface area (Å²) in [5.74, 6) is 0.927. The third-order valence-electron chi connectivity index (χ3n) is 2.45. The number of hydrogen-bond donors (Lipinski definition) is 1. The van der Waals surface area contributed by atoms with Crippen molar-refractivity contribution in [1.29, 1.82) is 0 Å². The molecule has 1 atom stereocenters. The summed E-state index contributed by atoms with van der Waals surface area (Å²) >= 11 is 0. The van der Waals surface area contributed by atoms with Crippen LogP contribution >= 0.6 is 0 Å². The van der Waals surface area contributed by atoms with Gasteiger partial charge in [0, 0.05) is 12.7 Å². The van der Waals surface area contributed by atoms with Gasteiger partial charge in [-0.05, 0) is 18.9 Å². The van der Waals surface area contributed by atoms with E-state index in [0.29, 0.717) is 24.1 Å². The minimum Gasteiger partial charge on any atom is -0.472 e. The van der Waals surface area contributed by atoms with Gasteiger partial charge in [0.05, 0.1) is 18.9 Å². The quantitative estimate of drug-likeness (QED) is 0.826. The van der Waals surface area contributed by atoms with Gasteiger partial charge in [-0.15, -0.1) is 0 Å². The van der Waals surface area contributed by atoms with E-state index < -0.39 is 0 Å². The zero-order valence-corrected chi connectivity index (χ0v) is 10.9. The molecule has 4 nitrogen and oxygen atoms in total. The highest BCUT2D eigenvalue weighted by atomic mass is 16.5. The van der Waals surface area contributed by atoms with Gasteiger partial charge in [-0.25, -0.2) is 4.98 Å². The predicted molar refractivity (Wildman–Crippen MR) is 66.2 cm³/mol. The average molecular weight is 239 g/mol. The fourth-order valence-electron chi connectivity index (χ4n) is 1.57. The minimum absolute atomic E-state index is 0.0565. The summed E-state index contributed by atoms with van der Waals surface area (Å²) in [7, 11) is 1.64. The Morgan fingerprint density at radius 1 is 1.29 bits per heavy atom. The molecule has 0 saturated heterocycles. The normalized spacial score (nSPS) is 12.8. The van der Waals surface area contributed by atoms with E-state index >= 15 is 0 Å². The van der Waals surface area contributed by atoms with E-state index in [1.54, 1.807) is 7.11 Å². The maximum atomic E-state index is 9.09. The number of aliphatic hydroxyl groups excluding tert-OH is 1. The Morgan fingerprint density at radius 2 is 2.00 bits per heavy atom. The van der Waals surface area contributed by atoms with Crippen LogP contribution in [0.2, 0.25) is 0 Å². The van der Waals surface area contributed by atoms with E-state index in [1.165, 1.54) is 0 Å². The number of ether oxygens (including phenoxy) is 2. The van der Waals surface area contributed by atoms with Gasteiger partial charge in [-0.1, -0.05) is 19.9 Å². The van der Waals surface area contributed by atoms with E-state index in [1.807, 2.05) is 19.1 Å². The molecule has 1 heterocycles. The molecular formula is C13H21NO3. The molecule has 1 unspecified atom stereocenters. The number of hydrogen-bond acceptors (Lipinski definition) is 4. The molecule has 0 amide bonds. The van der Waals surface area contributed by atoms with Crippen LogP contribution < -0.4 is 4.74 Å². The molecule has 1 aromatic rings. The molecule has 96 valence electrons. The van der Waals surface area contributed by atoms with E-state index in [9.17, 15) is 0 Å². The van der Waals surface area contributed by atoms with Crippen molar-refractivity contribution >= 4 is 0 Å². The Hall–Kier alpha value is -1.13. The van der Waals surface area contributed by atoms with Crippen LogP contribution in [-0.4, -0.2) is 29.9 Å². The van der Waals surface area contributed by atoms with Gasteiger partial charge in [0.1, 0.15) is 6.10 Å². The molecule has 0 aliphatic rings. The lowest BCUT2D eigenvalue weighted by Crippen LogP contribution is -2.20. The molecule has 0 spiro atoms. The second-order valence-corrected chi connectivity index (χ2v) is 4.39. The topological polar surface area (TPSA) is 51.6 Å². The first kappa shape index (κ1) is 13.9. The summed E-state index contributed by atoms with van der Waals surface area (Å²) in [5, 5.41) is 9.09. The van der Waals surface area contributed by atoms with Gasteiger partial charge >= 0.3 is 0 Å². The van der Waals surface area contributed by atoms with Crippen LogP contribution in [0.1, 0.15) is 37.9 Å². The third kappa shape index (κ3) is 3.98. The Morgan fingerprint density at radius 3 is 2.53 bits per heavy atom. The van der Waals surface area contributed by atoms with Crippen molar-refractivity contribution in [3.05, 3.63) is 23.4 Å². The fourth-order valence-corrected chi connectivity index (χ4v) is 1.57. The molecule has 0 radical (unpaired) electrons. The van der Waals surface area contributed by atoms with Crippen molar-refractivity contribution in [3.8, 4) is 5.88 Å². The lowest BCUT2D eigenvalue weighted by Gasteiger charge is -2.18. The van der Waals surface area contributed by atoms with Crippen LogP contribution in [0.15, 0.2) is 12.1 Å². The average Bonchev–Trinajstić information content (AvgIpc) is 2.28. The molecule has 1 N–H and O–H groups in total. The van der Waals surface area contributed by atoms with Crippen molar-refractivity contribution in [2.45, 2.75) is 39.4 Å². The highest BCUT2D eigenvalue weighted by Gasteiger charge is 2.13. The fraction of sp³-hybridized carbons (Fsp3) is 0.615. The van der Waals surface area contributed by atoms with Crippen LogP contribution in [0.4, 0.5) is 0 Å². The first-order chi connectivity index (χ1) is 8.08. The van der Waals surface area contributed by atoms with Crippen LogP contribution in [-0.2, 0) is 11.3 Å². The van der Waals surface area contributed by atoms with E-state index in [0.717, 1.165) is 5.56 Å². The van der Waals surface area contributed by atoms with Crippen LogP contribution in [0, 0.1) is 0 Å². The Kier molecular flexibility index (Phi) is 5.38. The lowest BCUT2D eigenvalue weighted by molar-refractivity contribution is 0.0876. The van der Waals surface area contributed by atoms with Gasteiger partial charge in [0.2, 0.25) is 5.88 Å². The molecule has 0 fully saturated rings. The maximum Gasteiger partial charge on any atom is 0.217 e. The Labute approximate surface area is 103 Å². The second-order valence-electron chi connectivity index (χ2n) is 4.39. The smallest absolute Gasteiger partial charge is 0.217 e. The summed E-state index contributed by atoms with van der Waals surface area (Å²) in [6.07, 6.45) is -0.0565. The highest BCUT2D eigenvalue weighted by Crippen LogP contribution is 2.25. The summed E-state index contributed by atoms with van der Waals surface area (Å²) < 4.78 is 10.8. The number of aliphatic hydroxyl groups is 1. The SMILES string of the molecule is COCC(C)Oc1nc(CO)ccc1C(C)C. The molecule has 1 rings (SSSR count). The molecule has 0 aromatic carbocycles. The summed E-state index contributed by atoms with van der Waals surface area (Å²) in [6.45, 7) is 6.55. The largest absolute Gasteiger partial charge is 0.472 e. The number of pyridine rings is 1. The van der Waals surface area contributed by atoms with Gasteiger partial charge in [-0.2, -0.15) is 0 Å². The summed E-state index contributed by atoms with van der Waals surface area (Å²) in [4.78, 5) is 4.31. The first-order valence-electron chi connectivity index (χ1n) is 5.84. The summed E-state index contributed by atoms with van der Waals surface area (Å²) in [5.41, 5.74) is 1.67. The minimum atomic E-state index is -0.0760. The molecule has 17 heavy (non-hydrogen) atoms. The van der Waals surface area contributed by atoms with Gasteiger partial charge in [0.15, 0.2) is 0 Å². The number of nitrogens with zero attached hydrogens (tertiary/aromatic N) is 1.